The lowest BCUT2D eigenvalue weighted by atomic mass is 10.1. The Labute approximate surface area is 211 Å². The predicted octanol–water partition coefficient (Wildman–Crippen LogP) is 5.81. The first-order chi connectivity index (χ1) is 17.0. The summed E-state index contributed by atoms with van der Waals surface area (Å²) in [6.45, 7) is 0. The molecule has 3 aromatic carbocycles. The minimum Gasteiger partial charge on any atom is -0.493 e. The van der Waals surface area contributed by atoms with Crippen LogP contribution in [-0.2, 0) is 4.79 Å². The van der Waals surface area contributed by atoms with Crippen LogP contribution in [0.5, 0.6) is 17.2 Å². The van der Waals surface area contributed by atoms with Gasteiger partial charge in [-0.25, -0.2) is 0 Å². The number of carbonyl (C=O) groups is 1. The molecule has 0 spiro atoms. The molecule has 0 aliphatic carbocycles. The van der Waals surface area contributed by atoms with Gasteiger partial charge in [-0.15, -0.1) is 11.8 Å². The van der Waals surface area contributed by atoms with E-state index in [1.807, 2.05) is 24.3 Å². The number of anilines is 1. The number of nitrogens with one attached hydrogen (secondary N) is 1. The first-order valence-electron chi connectivity index (χ1n) is 10.4. The van der Waals surface area contributed by atoms with Crippen LogP contribution in [-0.4, -0.2) is 43.1 Å². The van der Waals surface area contributed by atoms with Crippen molar-refractivity contribution in [2.24, 2.45) is 0 Å². The Kier molecular flexibility index (Phi) is 7.79. The molecular formula is C25H22ClN3O5S. The predicted molar refractivity (Wildman–Crippen MR) is 136 cm³/mol. The molecule has 0 atom stereocenters. The van der Waals surface area contributed by atoms with E-state index in [0.29, 0.717) is 44.9 Å². The van der Waals surface area contributed by atoms with Gasteiger partial charge in [0.2, 0.25) is 17.5 Å². The minimum absolute atomic E-state index is 0.165. The average molecular weight is 512 g/mol. The monoisotopic (exact) mass is 511 g/mol. The van der Waals surface area contributed by atoms with Crippen molar-refractivity contribution in [3.8, 4) is 40.1 Å². The molecule has 1 amide bonds. The Morgan fingerprint density at radius 3 is 2.34 bits per heavy atom. The SMILES string of the molecule is COc1cc(-c2noc(-c3ccccc3NC(=O)CSc3ccc(Cl)cc3)n2)cc(OC)c1OC. The maximum absolute atomic E-state index is 12.6. The quantitative estimate of drug-likeness (QED) is 0.281. The number of thioether (sulfide) groups is 1. The van der Waals surface area contributed by atoms with Crippen molar-refractivity contribution >= 4 is 35.0 Å². The van der Waals surface area contributed by atoms with Gasteiger partial charge in [0.25, 0.3) is 5.89 Å². The third kappa shape index (κ3) is 5.70. The summed E-state index contributed by atoms with van der Waals surface area (Å²) >= 11 is 7.33. The highest BCUT2D eigenvalue weighted by Gasteiger charge is 2.19. The highest BCUT2D eigenvalue weighted by atomic mass is 35.5. The standard InChI is InChI=1S/C25H22ClN3O5S/c1-31-20-12-15(13-21(32-2)23(20)33-3)24-28-25(34-29-24)18-6-4-5-7-19(18)27-22(30)14-35-17-10-8-16(26)9-11-17/h4-13H,14H2,1-3H3,(H,27,30). The maximum Gasteiger partial charge on any atom is 0.260 e. The number of ether oxygens (including phenoxy) is 3. The largest absolute Gasteiger partial charge is 0.493 e. The summed E-state index contributed by atoms with van der Waals surface area (Å²) in [5.74, 6) is 2.07. The molecule has 0 saturated heterocycles. The van der Waals surface area contributed by atoms with E-state index >= 15 is 0 Å². The van der Waals surface area contributed by atoms with Crippen LogP contribution in [0.1, 0.15) is 0 Å². The summed E-state index contributed by atoms with van der Waals surface area (Å²) < 4.78 is 21.7. The molecule has 0 aliphatic rings. The Hall–Kier alpha value is -3.69. The highest BCUT2D eigenvalue weighted by Crippen LogP contribution is 2.41. The summed E-state index contributed by atoms with van der Waals surface area (Å²) in [5.41, 5.74) is 1.79. The van der Waals surface area contributed by atoms with Crippen molar-refractivity contribution in [1.29, 1.82) is 0 Å². The van der Waals surface area contributed by atoms with E-state index in [1.54, 1.807) is 36.4 Å². The zero-order chi connectivity index (χ0) is 24.8. The van der Waals surface area contributed by atoms with E-state index in [9.17, 15) is 4.79 Å². The van der Waals surface area contributed by atoms with Gasteiger partial charge in [-0.3, -0.25) is 4.79 Å². The van der Waals surface area contributed by atoms with E-state index in [2.05, 4.69) is 15.5 Å². The molecule has 4 aromatic rings. The normalized spacial score (nSPS) is 10.6. The smallest absolute Gasteiger partial charge is 0.260 e. The second-order valence-electron chi connectivity index (χ2n) is 7.17. The second kappa shape index (κ2) is 11.2. The summed E-state index contributed by atoms with van der Waals surface area (Å²) in [5, 5.41) is 7.68. The van der Waals surface area contributed by atoms with Crippen LogP contribution < -0.4 is 19.5 Å². The number of amides is 1. The average Bonchev–Trinajstić information content (AvgIpc) is 3.38. The van der Waals surface area contributed by atoms with Gasteiger partial charge >= 0.3 is 0 Å². The van der Waals surface area contributed by atoms with Crippen molar-refractivity contribution in [3.63, 3.8) is 0 Å². The number of hydrogen-bond donors (Lipinski definition) is 1. The fourth-order valence-electron chi connectivity index (χ4n) is 3.30. The van der Waals surface area contributed by atoms with E-state index in [-0.39, 0.29) is 17.6 Å². The van der Waals surface area contributed by atoms with E-state index in [1.165, 1.54) is 33.1 Å². The number of carbonyl (C=O) groups excluding carboxylic acids is 1. The Bertz CT molecular complexity index is 1300. The van der Waals surface area contributed by atoms with Gasteiger partial charge < -0.3 is 24.1 Å². The van der Waals surface area contributed by atoms with Crippen molar-refractivity contribution in [2.45, 2.75) is 4.90 Å². The van der Waals surface area contributed by atoms with E-state index in [4.69, 9.17) is 30.3 Å². The Morgan fingerprint density at radius 2 is 1.69 bits per heavy atom. The van der Waals surface area contributed by atoms with Crippen molar-refractivity contribution in [1.82, 2.24) is 10.1 Å². The molecule has 1 heterocycles. The van der Waals surface area contributed by atoms with Crippen LogP contribution in [0.3, 0.4) is 0 Å². The lowest BCUT2D eigenvalue weighted by Gasteiger charge is -2.12. The molecule has 0 radical (unpaired) electrons. The number of hydrogen-bond acceptors (Lipinski definition) is 8. The molecule has 0 bridgehead atoms. The molecule has 4 rings (SSSR count). The van der Waals surface area contributed by atoms with Gasteiger partial charge in [-0.05, 0) is 48.5 Å². The van der Waals surface area contributed by atoms with Crippen molar-refractivity contribution in [2.75, 3.05) is 32.4 Å². The minimum atomic E-state index is -0.165. The zero-order valence-corrected chi connectivity index (χ0v) is 20.8. The molecule has 35 heavy (non-hydrogen) atoms. The first kappa shape index (κ1) is 24.4. The molecular weight excluding hydrogens is 490 g/mol. The fraction of sp³-hybridized carbons (Fsp3) is 0.160. The number of aromatic nitrogens is 2. The van der Waals surface area contributed by atoms with Gasteiger partial charge in [0, 0.05) is 15.5 Å². The maximum atomic E-state index is 12.6. The van der Waals surface area contributed by atoms with Crippen LogP contribution in [0.25, 0.3) is 22.8 Å². The number of para-hydroxylation sites is 1. The van der Waals surface area contributed by atoms with Gasteiger partial charge in [0.05, 0.1) is 38.3 Å². The third-order valence-corrected chi connectivity index (χ3v) is 6.23. The number of rotatable bonds is 9. The second-order valence-corrected chi connectivity index (χ2v) is 8.66. The fourth-order valence-corrected chi connectivity index (χ4v) is 4.13. The van der Waals surface area contributed by atoms with Crippen LogP contribution >= 0.6 is 23.4 Å². The summed E-state index contributed by atoms with van der Waals surface area (Å²) in [7, 11) is 4.60. The summed E-state index contributed by atoms with van der Waals surface area (Å²) in [4.78, 5) is 18.1. The molecule has 10 heteroatoms. The molecule has 1 N–H and O–H groups in total. The lowest BCUT2D eigenvalue weighted by Crippen LogP contribution is -2.14. The molecule has 0 saturated carbocycles. The lowest BCUT2D eigenvalue weighted by molar-refractivity contribution is -0.113. The number of nitrogens with zero attached hydrogens (tertiary/aromatic N) is 2. The first-order valence-corrected chi connectivity index (χ1v) is 11.8. The Morgan fingerprint density at radius 1 is 1.00 bits per heavy atom. The van der Waals surface area contributed by atoms with Gasteiger partial charge in [-0.1, -0.05) is 28.9 Å². The van der Waals surface area contributed by atoms with Crippen LogP contribution in [0, 0.1) is 0 Å². The highest BCUT2D eigenvalue weighted by molar-refractivity contribution is 8.00. The summed E-state index contributed by atoms with van der Waals surface area (Å²) in [6, 6.07) is 18.0. The molecule has 8 nitrogen and oxygen atoms in total. The van der Waals surface area contributed by atoms with Crippen LogP contribution in [0.4, 0.5) is 5.69 Å². The molecule has 0 aliphatic heterocycles. The van der Waals surface area contributed by atoms with Gasteiger partial charge in [0.15, 0.2) is 11.5 Å². The molecule has 0 fully saturated rings. The Balaban J connectivity index is 1.54. The van der Waals surface area contributed by atoms with Crippen LogP contribution in [0.15, 0.2) is 70.1 Å². The van der Waals surface area contributed by atoms with E-state index < -0.39 is 0 Å². The third-order valence-electron chi connectivity index (χ3n) is 4.96. The van der Waals surface area contributed by atoms with Crippen molar-refractivity contribution in [3.05, 3.63) is 65.7 Å². The number of halogens is 1. The number of methoxy groups -OCH3 is 3. The van der Waals surface area contributed by atoms with Crippen LogP contribution in [0.2, 0.25) is 5.02 Å². The topological polar surface area (TPSA) is 95.7 Å². The van der Waals surface area contributed by atoms with E-state index in [0.717, 1.165) is 4.90 Å². The summed E-state index contributed by atoms with van der Waals surface area (Å²) in [6.07, 6.45) is 0. The van der Waals surface area contributed by atoms with Crippen molar-refractivity contribution < 1.29 is 23.5 Å². The van der Waals surface area contributed by atoms with Gasteiger partial charge in [0.1, 0.15) is 0 Å². The molecule has 0 unspecified atom stereocenters. The molecule has 180 valence electrons. The number of benzene rings is 3. The van der Waals surface area contributed by atoms with Gasteiger partial charge in [-0.2, -0.15) is 4.98 Å². The molecule has 1 aromatic heterocycles. The zero-order valence-electron chi connectivity index (χ0n) is 19.2.